The number of hydrogen-bond acceptors (Lipinski definition) is 3. The molecule has 1 unspecified atom stereocenters. The molecular weight excluding hydrogens is 252 g/mol. The van der Waals surface area contributed by atoms with Gasteiger partial charge >= 0.3 is 6.09 Å². The Labute approximate surface area is 123 Å². The summed E-state index contributed by atoms with van der Waals surface area (Å²) in [5, 5.41) is 6.72. The summed E-state index contributed by atoms with van der Waals surface area (Å²) in [6.07, 6.45) is 5.61. The molecule has 0 bridgehead atoms. The molecule has 0 saturated heterocycles. The molecule has 0 spiro atoms. The van der Waals surface area contributed by atoms with Gasteiger partial charge in [-0.15, -0.1) is 0 Å². The zero-order chi connectivity index (χ0) is 15.0. The maximum atomic E-state index is 12.0. The largest absolute Gasteiger partial charge is 0.444 e. The number of rotatable bonds is 5. The molecule has 0 aliphatic heterocycles. The van der Waals surface area contributed by atoms with Crippen molar-refractivity contribution in [3.05, 3.63) is 0 Å². The van der Waals surface area contributed by atoms with E-state index in [0.29, 0.717) is 11.5 Å². The highest BCUT2D eigenvalue weighted by atomic mass is 16.6. The van der Waals surface area contributed by atoms with Crippen molar-refractivity contribution in [3.63, 3.8) is 0 Å². The molecule has 2 N–H and O–H groups in total. The molecule has 4 heteroatoms. The molecule has 0 aromatic rings. The summed E-state index contributed by atoms with van der Waals surface area (Å²) in [7, 11) is 0. The van der Waals surface area contributed by atoms with E-state index in [9.17, 15) is 4.79 Å². The van der Waals surface area contributed by atoms with E-state index >= 15 is 0 Å². The van der Waals surface area contributed by atoms with Crippen LogP contribution in [0.25, 0.3) is 0 Å². The molecule has 20 heavy (non-hydrogen) atoms. The SMILES string of the molecule is CC(NCC1(NC(=O)OC(C)(C)C)CCC1)C1(C)CC1. The monoisotopic (exact) mass is 282 g/mol. The molecule has 2 aliphatic carbocycles. The first-order chi connectivity index (χ1) is 9.14. The smallest absolute Gasteiger partial charge is 0.408 e. The standard InChI is InChI=1S/C16H30N2O2/c1-12(15(5)9-10-15)17-11-16(7-6-8-16)18-13(19)20-14(2,3)4/h12,17H,6-11H2,1-5H3,(H,18,19). The molecule has 0 heterocycles. The number of carbonyl (C=O) groups excluding carboxylic acids is 1. The van der Waals surface area contributed by atoms with Crippen LogP contribution in [0.2, 0.25) is 0 Å². The molecule has 2 saturated carbocycles. The molecule has 4 nitrogen and oxygen atoms in total. The lowest BCUT2D eigenvalue weighted by Gasteiger charge is -2.43. The number of carbonyl (C=O) groups is 1. The van der Waals surface area contributed by atoms with E-state index in [0.717, 1.165) is 19.4 Å². The third-order valence-electron chi connectivity index (χ3n) is 4.91. The fourth-order valence-corrected chi connectivity index (χ4v) is 2.69. The summed E-state index contributed by atoms with van der Waals surface area (Å²) in [5.41, 5.74) is -0.0596. The summed E-state index contributed by atoms with van der Waals surface area (Å²) in [4.78, 5) is 12.0. The van der Waals surface area contributed by atoms with E-state index in [4.69, 9.17) is 4.74 Å². The maximum Gasteiger partial charge on any atom is 0.408 e. The number of ether oxygens (including phenoxy) is 1. The van der Waals surface area contributed by atoms with Crippen LogP contribution in [0.5, 0.6) is 0 Å². The second-order valence-corrected chi connectivity index (χ2v) is 8.02. The Balaban J connectivity index is 1.81. The Kier molecular flexibility index (Phi) is 4.07. The average Bonchev–Trinajstić information content (AvgIpc) is 2.98. The van der Waals surface area contributed by atoms with Crippen LogP contribution in [0.3, 0.4) is 0 Å². The van der Waals surface area contributed by atoms with Gasteiger partial charge < -0.3 is 15.4 Å². The molecule has 0 aromatic carbocycles. The van der Waals surface area contributed by atoms with E-state index in [1.807, 2.05) is 20.8 Å². The fourth-order valence-electron chi connectivity index (χ4n) is 2.69. The Morgan fingerprint density at radius 3 is 2.25 bits per heavy atom. The van der Waals surface area contributed by atoms with Gasteiger partial charge in [0.15, 0.2) is 0 Å². The van der Waals surface area contributed by atoms with Gasteiger partial charge in [0.05, 0.1) is 5.54 Å². The number of alkyl carbamates (subject to hydrolysis) is 1. The molecule has 0 radical (unpaired) electrons. The lowest BCUT2D eigenvalue weighted by atomic mass is 9.76. The minimum absolute atomic E-state index is 0.0954. The Morgan fingerprint density at radius 1 is 1.25 bits per heavy atom. The first-order valence-corrected chi connectivity index (χ1v) is 7.89. The summed E-state index contributed by atoms with van der Waals surface area (Å²) in [5.74, 6) is 0. The summed E-state index contributed by atoms with van der Waals surface area (Å²) in [6, 6.07) is 0.514. The van der Waals surface area contributed by atoms with Crippen molar-refractivity contribution in [1.29, 1.82) is 0 Å². The van der Waals surface area contributed by atoms with E-state index in [-0.39, 0.29) is 11.6 Å². The molecule has 1 atom stereocenters. The molecule has 116 valence electrons. The van der Waals surface area contributed by atoms with Crippen LogP contribution >= 0.6 is 0 Å². The highest BCUT2D eigenvalue weighted by molar-refractivity contribution is 5.69. The number of hydrogen-bond donors (Lipinski definition) is 2. The van der Waals surface area contributed by atoms with Crippen LogP contribution in [0.4, 0.5) is 4.79 Å². The lowest BCUT2D eigenvalue weighted by Crippen LogP contribution is -2.61. The summed E-state index contributed by atoms with van der Waals surface area (Å²) in [6.45, 7) is 11.1. The molecule has 1 amide bonds. The van der Waals surface area contributed by atoms with Crippen LogP contribution in [0.1, 0.15) is 66.7 Å². The minimum Gasteiger partial charge on any atom is -0.444 e. The zero-order valence-electron chi connectivity index (χ0n) is 13.6. The topological polar surface area (TPSA) is 50.4 Å². The van der Waals surface area contributed by atoms with Crippen molar-refractivity contribution in [2.75, 3.05) is 6.54 Å². The molecule has 2 rings (SSSR count). The van der Waals surface area contributed by atoms with Crippen molar-refractivity contribution in [3.8, 4) is 0 Å². The van der Waals surface area contributed by atoms with Gasteiger partial charge in [0.1, 0.15) is 5.60 Å². The third-order valence-corrected chi connectivity index (χ3v) is 4.91. The highest BCUT2D eigenvalue weighted by Gasteiger charge is 2.45. The normalized spacial score (nSPS) is 24.4. The highest BCUT2D eigenvalue weighted by Crippen LogP contribution is 2.48. The van der Waals surface area contributed by atoms with Gasteiger partial charge in [-0.1, -0.05) is 6.92 Å². The number of nitrogens with one attached hydrogen (secondary N) is 2. The van der Waals surface area contributed by atoms with E-state index < -0.39 is 5.60 Å². The van der Waals surface area contributed by atoms with Gasteiger partial charge in [0.25, 0.3) is 0 Å². The minimum atomic E-state index is -0.433. The predicted molar refractivity (Wildman–Crippen MR) is 80.8 cm³/mol. The van der Waals surface area contributed by atoms with Gasteiger partial charge in [0, 0.05) is 12.6 Å². The second-order valence-electron chi connectivity index (χ2n) is 8.02. The van der Waals surface area contributed by atoms with Crippen LogP contribution in [0.15, 0.2) is 0 Å². The molecule has 0 aromatic heterocycles. The summed E-state index contributed by atoms with van der Waals surface area (Å²) < 4.78 is 5.38. The average molecular weight is 282 g/mol. The van der Waals surface area contributed by atoms with Crippen LogP contribution in [0, 0.1) is 5.41 Å². The van der Waals surface area contributed by atoms with Crippen LogP contribution in [-0.2, 0) is 4.74 Å². The quantitative estimate of drug-likeness (QED) is 0.814. The first kappa shape index (κ1) is 15.6. The van der Waals surface area contributed by atoms with Crippen molar-refractivity contribution in [1.82, 2.24) is 10.6 Å². The van der Waals surface area contributed by atoms with E-state index in [1.54, 1.807) is 0 Å². The third kappa shape index (κ3) is 3.87. The Hall–Kier alpha value is -0.770. The molecule has 2 fully saturated rings. The van der Waals surface area contributed by atoms with Gasteiger partial charge in [0.2, 0.25) is 0 Å². The van der Waals surface area contributed by atoms with E-state index in [1.165, 1.54) is 19.3 Å². The van der Waals surface area contributed by atoms with Crippen LogP contribution < -0.4 is 10.6 Å². The fraction of sp³-hybridized carbons (Fsp3) is 0.938. The van der Waals surface area contributed by atoms with Crippen molar-refractivity contribution >= 4 is 6.09 Å². The molecular formula is C16H30N2O2. The van der Waals surface area contributed by atoms with Gasteiger partial charge in [-0.2, -0.15) is 0 Å². The Bertz CT molecular complexity index is 365. The van der Waals surface area contributed by atoms with Gasteiger partial charge in [-0.25, -0.2) is 4.79 Å². The Morgan fingerprint density at radius 2 is 1.85 bits per heavy atom. The summed E-state index contributed by atoms with van der Waals surface area (Å²) >= 11 is 0. The maximum absolute atomic E-state index is 12.0. The molecule has 2 aliphatic rings. The van der Waals surface area contributed by atoms with Crippen molar-refractivity contribution < 1.29 is 9.53 Å². The van der Waals surface area contributed by atoms with Crippen molar-refractivity contribution in [2.45, 2.75) is 83.9 Å². The van der Waals surface area contributed by atoms with Gasteiger partial charge in [-0.3, -0.25) is 0 Å². The van der Waals surface area contributed by atoms with E-state index in [2.05, 4.69) is 24.5 Å². The van der Waals surface area contributed by atoms with Crippen molar-refractivity contribution in [2.24, 2.45) is 5.41 Å². The van der Waals surface area contributed by atoms with Gasteiger partial charge in [-0.05, 0) is 65.2 Å². The zero-order valence-corrected chi connectivity index (χ0v) is 13.6. The number of amides is 1. The first-order valence-electron chi connectivity index (χ1n) is 7.89. The van der Waals surface area contributed by atoms with Crippen LogP contribution in [-0.4, -0.2) is 29.8 Å². The second kappa shape index (κ2) is 5.21. The predicted octanol–water partition coefficient (Wildman–Crippen LogP) is 3.21. The lowest BCUT2D eigenvalue weighted by molar-refractivity contribution is 0.0376.